The lowest BCUT2D eigenvalue weighted by Gasteiger charge is -2.09. The molecule has 2 aromatic heterocycles. The number of hydrogen-bond donors (Lipinski definition) is 1. The fourth-order valence-corrected chi connectivity index (χ4v) is 5.40. The monoisotopic (exact) mass is 433 g/mol. The van der Waals surface area contributed by atoms with Crippen LogP contribution in [-0.4, -0.2) is 20.7 Å². The van der Waals surface area contributed by atoms with E-state index in [2.05, 4.69) is 64.3 Å². The van der Waals surface area contributed by atoms with Crippen molar-refractivity contribution in [2.45, 2.75) is 48.4 Å². The van der Waals surface area contributed by atoms with Crippen molar-refractivity contribution >= 4 is 34.6 Å². The van der Waals surface area contributed by atoms with Crippen molar-refractivity contribution < 1.29 is 0 Å². The maximum Gasteiger partial charge on any atom is 0.166 e. The summed E-state index contributed by atoms with van der Waals surface area (Å²) in [5.41, 5.74) is 5.99. The molecule has 0 amide bonds. The van der Waals surface area contributed by atoms with Gasteiger partial charge >= 0.3 is 0 Å². The molecule has 2 aromatic carbocycles. The van der Waals surface area contributed by atoms with Crippen LogP contribution in [0.5, 0.6) is 0 Å². The third-order valence-electron chi connectivity index (χ3n) is 5.18. The number of aromatic nitrogens is 3. The fourth-order valence-electron chi connectivity index (χ4n) is 3.43. The molecule has 0 unspecified atom stereocenters. The first-order valence-corrected chi connectivity index (χ1v) is 12.5. The number of thioether (sulfide) groups is 2. The zero-order valence-electron chi connectivity index (χ0n) is 17.3. The average Bonchev–Trinajstić information content (AvgIpc) is 3.20. The van der Waals surface area contributed by atoms with Crippen molar-refractivity contribution in [2.75, 3.05) is 5.75 Å². The lowest BCUT2D eigenvalue weighted by molar-refractivity contribution is 0.722. The Bertz CT molecular complexity index is 1040. The molecule has 5 heteroatoms. The number of rotatable bonds is 10. The molecule has 0 fully saturated rings. The molecule has 3 nitrogen and oxygen atoms in total. The van der Waals surface area contributed by atoms with E-state index in [-0.39, 0.29) is 0 Å². The number of unbranched alkanes of at least 4 members (excludes halogenated alkanes) is 2. The van der Waals surface area contributed by atoms with Gasteiger partial charge in [-0.25, -0.2) is 4.98 Å². The Hall–Kier alpha value is -2.24. The molecule has 0 saturated carbocycles. The Morgan fingerprint density at radius 2 is 1.70 bits per heavy atom. The van der Waals surface area contributed by atoms with Gasteiger partial charge in [0.2, 0.25) is 0 Å². The fraction of sp³-hybridized carbons (Fsp3) is 0.280. The molecule has 0 aliphatic heterocycles. The Morgan fingerprint density at radius 1 is 0.867 bits per heavy atom. The number of hydrogen-bond acceptors (Lipinski definition) is 4. The van der Waals surface area contributed by atoms with E-state index in [0.717, 1.165) is 33.4 Å². The van der Waals surface area contributed by atoms with Crippen LogP contribution in [0.4, 0.5) is 0 Å². The van der Waals surface area contributed by atoms with Gasteiger partial charge in [0.05, 0.1) is 16.7 Å². The lowest BCUT2D eigenvalue weighted by Crippen LogP contribution is -1.95. The van der Waals surface area contributed by atoms with Crippen molar-refractivity contribution in [1.29, 1.82) is 0 Å². The zero-order valence-corrected chi connectivity index (χ0v) is 18.9. The molecule has 0 atom stereocenters. The molecule has 0 aliphatic rings. The van der Waals surface area contributed by atoms with Crippen molar-refractivity contribution in [2.24, 2.45) is 0 Å². The highest BCUT2D eigenvalue weighted by Crippen LogP contribution is 2.29. The summed E-state index contributed by atoms with van der Waals surface area (Å²) in [6, 6.07) is 21.1. The lowest BCUT2D eigenvalue weighted by atomic mass is 10.1. The number of imidazole rings is 1. The van der Waals surface area contributed by atoms with E-state index in [4.69, 9.17) is 0 Å². The minimum Gasteiger partial charge on any atom is -0.333 e. The van der Waals surface area contributed by atoms with Crippen molar-refractivity contribution in [3.8, 4) is 0 Å². The van der Waals surface area contributed by atoms with Gasteiger partial charge < -0.3 is 4.98 Å². The Labute approximate surface area is 187 Å². The summed E-state index contributed by atoms with van der Waals surface area (Å²) in [5, 5.41) is 0.953. The second-order valence-electron chi connectivity index (χ2n) is 7.37. The van der Waals surface area contributed by atoms with Gasteiger partial charge in [-0.05, 0) is 61.3 Å². The number of H-pyrrole nitrogens is 1. The molecule has 0 aliphatic carbocycles. The van der Waals surface area contributed by atoms with Crippen LogP contribution in [0.25, 0.3) is 11.0 Å². The first-order chi connectivity index (χ1) is 14.8. The largest absolute Gasteiger partial charge is 0.333 e. The van der Waals surface area contributed by atoms with Crippen LogP contribution in [0.1, 0.15) is 36.1 Å². The Kier molecular flexibility index (Phi) is 7.49. The summed E-state index contributed by atoms with van der Waals surface area (Å²) in [6.45, 7) is 2.19. The first-order valence-electron chi connectivity index (χ1n) is 10.5. The van der Waals surface area contributed by atoms with Gasteiger partial charge in [-0.1, -0.05) is 60.6 Å². The highest BCUT2D eigenvalue weighted by molar-refractivity contribution is 7.99. The molecule has 2 heterocycles. The van der Waals surface area contributed by atoms with Crippen LogP contribution in [0.3, 0.4) is 0 Å². The minimum atomic E-state index is 0.830. The topological polar surface area (TPSA) is 41.6 Å². The highest BCUT2D eigenvalue weighted by atomic mass is 32.2. The van der Waals surface area contributed by atoms with Crippen LogP contribution in [0.15, 0.2) is 76.9 Å². The SMILES string of the molecule is Cc1c(SCCCCCc2ccccc2)ccnc1CSc1nc2ccccc2[nH]1. The van der Waals surface area contributed by atoms with Crippen molar-refractivity contribution in [3.63, 3.8) is 0 Å². The number of aromatic amines is 1. The number of nitrogens with one attached hydrogen (secondary N) is 1. The van der Waals surface area contributed by atoms with Crippen LogP contribution >= 0.6 is 23.5 Å². The number of nitrogens with zero attached hydrogens (tertiary/aromatic N) is 2. The molecule has 4 rings (SSSR count). The van der Waals surface area contributed by atoms with E-state index in [1.807, 2.05) is 36.2 Å². The van der Waals surface area contributed by atoms with Gasteiger partial charge in [0.1, 0.15) is 0 Å². The third-order valence-corrected chi connectivity index (χ3v) is 7.31. The zero-order chi connectivity index (χ0) is 20.6. The van der Waals surface area contributed by atoms with Crippen LogP contribution in [0, 0.1) is 6.92 Å². The molecule has 0 radical (unpaired) electrons. The second-order valence-corrected chi connectivity index (χ2v) is 9.47. The summed E-state index contributed by atoms with van der Waals surface area (Å²) >= 11 is 3.68. The quantitative estimate of drug-likeness (QED) is 0.215. The number of para-hydroxylation sites is 2. The smallest absolute Gasteiger partial charge is 0.166 e. The van der Waals surface area contributed by atoms with E-state index in [9.17, 15) is 0 Å². The molecule has 4 aromatic rings. The van der Waals surface area contributed by atoms with Crippen LogP contribution in [-0.2, 0) is 12.2 Å². The molecule has 1 N–H and O–H groups in total. The summed E-state index contributed by atoms with van der Waals surface area (Å²) in [5.74, 6) is 1.99. The normalized spacial score (nSPS) is 11.2. The van der Waals surface area contributed by atoms with Gasteiger partial charge in [-0.3, -0.25) is 4.98 Å². The number of aryl methyl sites for hydroxylation is 1. The van der Waals surface area contributed by atoms with Gasteiger partial charge in [0.25, 0.3) is 0 Å². The van der Waals surface area contributed by atoms with E-state index in [1.54, 1.807) is 11.8 Å². The van der Waals surface area contributed by atoms with Gasteiger partial charge in [-0.15, -0.1) is 11.8 Å². The van der Waals surface area contributed by atoms with E-state index < -0.39 is 0 Å². The molecule has 0 bridgehead atoms. The summed E-state index contributed by atoms with van der Waals surface area (Å²) in [4.78, 5) is 14.0. The van der Waals surface area contributed by atoms with E-state index in [0.29, 0.717) is 0 Å². The summed E-state index contributed by atoms with van der Waals surface area (Å²) in [6.07, 6.45) is 6.92. The maximum absolute atomic E-state index is 4.65. The molecular formula is C25H27N3S2. The van der Waals surface area contributed by atoms with Gasteiger partial charge in [0, 0.05) is 16.8 Å². The van der Waals surface area contributed by atoms with Crippen LogP contribution in [0.2, 0.25) is 0 Å². The van der Waals surface area contributed by atoms with Gasteiger partial charge in [0.15, 0.2) is 5.16 Å². The summed E-state index contributed by atoms with van der Waals surface area (Å²) in [7, 11) is 0. The Morgan fingerprint density at radius 3 is 2.57 bits per heavy atom. The summed E-state index contributed by atoms with van der Waals surface area (Å²) < 4.78 is 0. The van der Waals surface area contributed by atoms with E-state index in [1.165, 1.54) is 41.7 Å². The minimum absolute atomic E-state index is 0.830. The number of benzene rings is 2. The third kappa shape index (κ3) is 5.67. The Balaban J connectivity index is 1.24. The molecular weight excluding hydrogens is 406 g/mol. The average molecular weight is 434 g/mol. The molecule has 0 spiro atoms. The molecule has 30 heavy (non-hydrogen) atoms. The number of pyridine rings is 1. The number of fused-ring (bicyclic) bond motifs is 1. The maximum atomic E-state index is 4.65. The molecule has 154 valence electrons. The van der Waals surface area contributed by atoms with Crippen molar-refractivity contribution in [1.82, 2.24) is 15.0 Å². The standard InChI is InChI=1S/C25H27N3S2/c1-19-23(18-30-25-27-21-13-7-8-14-22(21)28-25)26-16-15-24(19)29-17-9-3-6-12-20-10-4-2-5-11-20/h2,4-5,7-8,10-11,13-16H,3,6,9,12,17-18H2,1H3,(H,27,28). The predicted molar refractivity (Wildman–Crippen MR) is 129 cm³/mol. The molecule has 0 saturated heterocycles. The predicted octanol–water partition coefficient (Wildman–Crippen LogP) is 7.06. The highest BCUT2D eigenvalue weighted by Gasteiger charge is 2.09. The first kappa shape index (κ1) is 21.0. The van der Waals surface area contributed by atoms with E-state index >= 15 is 0 Å². The van der Waals surface area contributed by atoms with Crippen LogP contribution < -0.4 is 0 Å². The second kappa shape index (κ2) is 10.7. The van der Waals surface area contributed by atoms with Gasteiger partial charge in [-0.2, -0.15) is 0 Å². The van der Waals surface area contributed by atoms with Crippen molar-refractivity contribution in [3.05, 3.63) is 83.7 Å².